The van der Waals surface area contributed by atoms with Crippen LogP contribution in [0.25, 0.3) is 0 Å². The molecule has 2 rings (SSSR count). The van der Waals surface area contributed by atoms with E-state index in [1.807, 2.05) is 30.3 Å². The van der Waals surface area contributed by atoms with Crippen molar-refractivity contribution < 1.29 is 40.5 Å². The third kappa shape index (κ3) is 4.34. The number of hydrogen-bond acceptors (Lipinski definition) is 3. The predicted octanol–water partition coefficient (Wildman–Crippen LogP) is -1.11. The summed E-state index contributed by atoms with van der Waals surface area (Å²) in [7, 11) is 0. The summed E-state index contributed by atoms with van der Waals surface area (Å²) in [6.45, 7) is 1.16. The molecule has 1 heterocycles. The Labute approximate surface area is 123 Å². The Balaban J connectivity index is 0.00000144. The molecule has 0 bridgehead atoms. The van der Waals surface area contributed by atoms with Crippen molar-refractivity contribution in [2.45, 2.75) is 6.54 Å². The molecule has 0 unspecified atom stereocenters. The van der Waals surface area contributed by atoms with Gasteiger partial charge in [-0.15, -0.1) is 0 Å². The van der Waals surface area contributed by atoms with Crippen LogP contribution in [-0.4, -0.2) is 22.7 Å². The van der Waals surface area contributed by atoms with Crippen LogP contribution in [0.4, 0.5) is 0 Å². The first-order valence-corrected chi connectivity index (χ1v) is 5.04. The molecular weight excluding hydrogens is 227 g/mol. The van der Waals surface area contributed by atoms with E-state index in [0.717, 1.165) is 12.0 Å². The normalized spacial score (nSPS) is 9.41. The SMILES string of the molecule is O=Cc1cnn(CCOc2ccccc2)c1.[H-].[Na+]. The average molecular weight is 240 g/mol. The topological polar surface area (TPSA) is 44.1 Å². The van der Waals surface area contributed by atoms with Gasteiger partial charge in [-0.2, -0.15) is 5.10 Å². The first-order valence-electron chi connectivity index (χ1n) is 5.04. The van der Waals surface area contributed by atoms with Crippen molar-refractivity contribution >= 4 is 6.29 Å². The van der Waals surface area contributed by atoms with Crippen molar-refractivity contribution in [2.75, 3.05) is 6.61 Å². The Morgan fingerprint density at radius 1 is 1.35 bits per heavy atom. The van der Waals surface area contributed by atoms with E-state index in [-0.39, 0.29) is 31.0 Å². The molecule has 0 N–H and O–H groups in total. The standard InChI is InChI=1S/C12H12N2O2.Na.H/c15-10-11-8-13-14(9-11)6-7-16-12-4-2-1-3-5-12;;/h1-5,8-10H,6-7H2;;/q;+1;-1. The van der Waals surface area contributed by atoms with Crippen LogP contribution in [0.3, 0.4) is 0 Å². The monoisotopic (exact) mass is 240 g/mol. The van der Waals surface area contributed by atoms with E-state index in [9.17, 15) is 4.79 Å². The van der Waals surface area contributed by atoms with Crippen molar-refractivity contribution in [3.05, 3.63) is 48.3 Å². The van der Waals surface area contributed by atoms with Crippen LogP contribution in [-0.2, 0) is 6.54 Å². The fourth-order valence-corrected chi connectivity index (χ4v) is 1.34. The molecule has 5 heteroatoms. The molecule has 0 aliphatic rings. The van der Waals surface area contributed by atoms with Crippen molar-refractivity contribution in [3.8, 4) is 5.75 Å². The Hall–Kier alpha value is -1.10. The molecule has 0 atom stereocenters. The maximum absolute atomic E-state index is 10.4. The zero-order valence-corrected chi connectivity index (χ0v) is 11.7. The van der Waals surface area contributed by atoms with Gasteiger partial charge >= 0.3 is 29.6 Å². The molecule has 0 spiro atoms. The number of para-hydroxylation sites is 1. The van der Waals surface area contributed by atoms with E-state index in [4.69, 9.17) is 4.74 Å². The Morgan fingerprint density at radius 2 is 2.12 bits per heavy atom. The van der Waals surface area contributed by atoms with Crippen LogP contribution in [0.15, 0.2) is 42.7 Å². The maximum atomic E-state index is 10.4. The van der Waals surface area contributed by atoms with Gasteiger partial charge in [0.2, 0.25) is 0 Å². The molecule has 1 aromatic heterocycles. The van der Waals surface area contributed by atoms with Gasteiger partial charge in [0.1, 0.15) is 12.4 Å². The molecular formula is C12H13N2NaO2. The minimum Gasteiger partial charge on any atom is -1.00 e. The molecule has 0 saturated carbocycles. The molecule has 0 aliphatic heterocycles. The number of nitrogens with zero attached hydrogens (tertiary/aromatic N) is 2. The molecule has 0 fully saturated rings. The summed E-state index contributed by atoms with van der Waals surface area (Å²) in [6.07, 6.45) is 4.01. The quantitative estimate of drug-likeness (QED) is 0.492. The molecule has 0 saturated heterocycles. The first kappa shape index (κ1) is 14.0. The van der Waals surface area contributed by atoms with Gasteiger partial charge in [0, 0.05) is 6.20 Å². The Kier molecular flexibility index (Phi) is 5.97. The van der Waals surface area contributed by atoms with Crippen LogP contribution in [0.2, 0.25) is 0 Å². The van der Waals surface area contributed by atoms with E-state index < -0.39 is 0 Å². The number of hydrogen-bond donors (Lipinski definition) is 0. The number of carbonyl (C=O) groups is 1. The van der Waals surface area contributed by atoms with E-state index in [1.165, 1.54) is 6.20 Å². The number of aldehydes is 1. The van der Waals surface area contributed by atoms with Gasteiger partial charge in [-0.05, 0) is 12.1 Å². The molecule has 17 heavy (non-hydrogen) atoms. The number of benzene rings is 1. The molecule has 2 aromatic rings. The number of rotatable bonds is 5. The predicted molar refractivity (Wildman–Crippen MR) is 60.7 cm³/mol. The molecule has 1 aromatic carbocycles. The number of carbonyl (C=O) groups excluding carboxylic acids is 1. The summed E-state index contributed by atoms with van der Waals surface area (Å²) in [6, 6.07) is 9.60. The van der Waals surface area contributed by atoms with Crippen molar-refractivity contribution in [1.29, 1.82) is 0 Å². The summed E-state index contributed by atoms with van der Waals surface area (Å²) in [4.78, 5) is 10.4. The van der Waals surface area contributed by atoms with Crippen LogP contribution in [0.1, 0.15) is 11.8 Å². The molecule has 0 aliphatic carbocycles. The van der Waals surface area contributed by atoms with Crippen molar-refractivity contribution in [2.24, 2.45) is 0 Å². The van der Waals surface area contributed by atoms with Crippen LogP contribution in [0.5, 0.6) is 5.75 Å². The second-order valence-electron chi connectivity index (χ2n) is 3.32. The van der Waals surface area contributed by atoms with Crippen molar-refractivity contribution in [3.63, 3.8) is 0 Å². The summed E-state index contributed by atoms with van der Waals surface area (Å²) in [5.41, 5.74) is 0.583. The van der Waals surface area contributed by atoms with Gasteiger partial charge in [-0.3, -0.25) is 9.48 Å². The summed E-state index contributed by atoms with van der Waals surface area (Å²) >= 11 is 0. The van der Waals surface area contributed by atoms with Gasteiger partial charge in [0.15, 0.2) is 6.29 Å². The zero-order chi connectivity index (χ0) is 11.2. The smallest absolute Gasteiger partial charge is 1.00 e. The largest absolute Gasteiger partial charge is 1.00 e. The molecule has 4 nitrogen and oxygen atoms in total. The third-order valence-corrected chi connectivity index (χ3v) is 2.12. The van der Waals surface area contributed by atoms with Gasteiger partial charge < -0.3 is 6.16 Å². The minimum atomic E-state index is 0. The zero-order valence-electron chi connectivity index (χ0n) is 10.7. The molecule has 0 radical (unpaired) electrons. The fraction of sp³-hybridized carbons (Fsp3) is 0.167. The van der Waals surface area contributed by atoms with Crippen molar-refractivity contribution in [1.82, 2.24) is 9.78 Å². The summed E-state index contributed by atoms with van der Waals surface area (Å²) < 4.78 is 7.19. The second kappa shape index (κ2) is 7.27. The summed E-state index contributed by atoms with van der Waals surface area (Å²) in [5, 5.41) is 4.02. The van der Waals surface area contributed by atoms with E-state index in [2.05, 4.69) is 5.10 Å². The maximum Gasteiger partial charge on any atom is 1.00 e. The Bertz CT molecular complexity index is 462. The van der Waals surface area contributed by atoms with Crippen LogP contribution in [0, 0.1) is 0 Å². The van der Waals surface area contributed by atoms with Gasteiger partial charge in [-0.25, -0.2) is 0 Å². The van der Waals surface area contributed by atoms with Crippen LogP contribution < -0.4 is 34.3 Å². The molecule has 0 amide bonds. The second-order valence-corrected chi connectivity index (χ2v) is 3.32. The van der Waals surface area contributed by atoms with Gasteiger partial charge in [0.05, 0.1) is 18.3 Å². The molecule has 84 valence electrons. The Morgan fingerprint density at radius 3 is 2.76 bits per heavy atom. The summed E-state index contributed by atoms with van der Waals surface area (Å²) in [5.74, 6) is 0.838. The van der Waals surface area contributed by atoms with Crippen LogP contribution >= 0.6 is 0 Å². The van der Waals surface area contributed by atoms with E-state index >= 15 is 0 Å². The minimum absolute atomic E-state index is 0. The average Bonchev–Trinajstić information content (AvgIpc) is 2.78. The fourth-order valence-electron chi connectivity index (χ4n) is 1.34. The number of aromatic nitrogens is 2. The van der Waals surface area contributed by atoms with E-state index in [0.29, 0.717) is 18.7 Å². The first-order chi connectivity index (χ1) is 7.88. The van der Waals surface area contributed by atoms with E-state index in [1.54, 1.807) is 10.9 Å². The third-order valence-electron chi connectivity index (χ3n) is 2.12. The van der Waals surface area contributed by atoms with Gasteiger partial charge in [-0.1, -0.05) is 18.2 Å². The van der Waals surface area contributed by atoms with Gasteiger partial charge in [0.25, 0.3) is 0 Å². The number of ether oxygens (including phenoxy) is 1.